The van der Waals surface area contributed by atoms with Crippen molar-refractivity contribution >= 4 is 17.5 Å². The van der Waals surface area contributed by atoms with E-state index in [4.69, 9.17) is 21.7 Å². The maximum absolute atomic E-state index is 12.7. The van der Waals surface area contributed by atoms with Gasteiger partial charge in [0.15, 0.2) is 5.82 Å². The molecule has 1 amide bonds. The van der Waals surface area contributed by atoms with Gasteiger partial charge in [0.1, 0.15) is 5.82 Å². The number of benzene rings is 1. The highest BCUT2D eigenvalue weighted by molar-refractivity contribution is 6.30. The van der Waals surface area contributed by atoms with E-state index >= 15 is 0 Å². The lowest BCUT2D eigenvalue weighted by Gasteiger charge is -2.24. The Morgan fingerprint density at radius 3 is 2.81 bits per heavy atom. The van der Waals surface area contributed by atoms with Crippen LogP contribution in [0.5, 0.6) is 0 Å². The average molecular weight is 448 g/mol. The molecule has 0 saturated carbocycles. The highest BCUT2D eigenvalue weighted by atomic mass is 35.5. The molecular formula is C23H22ClN7O. The highest BCUT2D eigenvalue weighted by Crippen LogP contribution is 2.43. The molecule has 0 aliphatic carbocycles. The Balaban J connectivity index is 1.57. The molecule has 1 aromatic carbocycles. The van der Waals surface area contributed by atoms with Gasteiger partial charge in [-0.2, -0.15) is 5.10 Å². The third-order valence-electron chi connectivity index (χ3n) is 5.83. The van der Waals surface area contributed by atoms with Gasteiger partial charge in [-0.05, 0) is 29.8 Å². The first-order chi connectivity index (χ1) is 15.6. The van der Waals surface area contributed by atoms with Crippen molar-refractivity contribution in [2.24, 2.45) is 0 Å². The Morgan fingerprint density at radius 1 is 1.16 bits per heavy atom. The van der Waals surface area contributed by atoms with E-state index in [-0.39, 0.29) is 17.9 Å². The summed E-state index contributed by atoms with van der Waals surface area (Å²) in [5.74, 6) is 1.37. The van der Waals surface area contributed by atoms with Crippen LogP contribution >= 0.6 is 11.6 Å². The SMILES string of the molecule is CN1C(=O)C[C@H](c2nc(CCn3ccnc3)nn2-c2cccc(Cl)c2)[C@H]1c1cccnc1. The van der Waals surface area contributed by atoms with E-state index in [1.165, 1.54) is 0 Å². The number of aryl methyl sites for hydroxylation is 2. The van der Waals surface area contributed by atoms with E-state index in [9.17, 15) is 4.79 Å². The van der Waals surface area contributed by atoms with Crippen LogP contribution in [-0.2, 0) is 17.8 Å². The summed E-state index contributed by atoms with van der Waals surface area (Å²) in [6, 6.07) is 11.2. The van der Waals surface area contributed by atoms with Crippen LogP contribution in [0.25, 0.3) is 5.69 Å². The minimum Gasteiger partial charge on any atom is -0.338 e. The smallest absolute Gasteiger partial charge is 0.223 e. The van der Waals surface area contributed by atoms with E-state index in [0.29, 0.717) is 30.2 Å². The van der Waals surface area contributed by atoms with Crippen molar-refractivity contribution in [2.45, 2.75) is 31.3 Å². The minimum absolute atomic E-state index is 0.0736. The number of pyridine rings is 1. The van der Waals surface area contributed by atoms with Crippen LogP contribution < -0.4 is 0 Å². The van der Waals surface area contributed by atoms with E-state index in [2.05, 4.69) is 9.97 Å². The zero-order valence-corrected chi connectivity index (χ0v) is 18.3. The van der Waals surface area contributed by atoms with Gasteiger partial charge in [-0.1, -0.05) is 23.7 Å². The van der Waals surface area contributed by atoms with Crippen molar-refractivity contribution < 1.29 is 4.79 Å². The van der Waals surface area contributed by atoms with Crippen LogP contribution in [0.15, 0.2) is 67.5 Å². The van der Waals surface area contributed by atoms with Gasteiger partial charge < -0.3 is 9.47 Å². The van der Waals surface area contributed by atoms with Crippen molar-refractivity contribution in [1.29, 1.82) is 0 Å². The molecule has 5 rings (SSSR count). The Bertz CT molecular complexity index is 1220. The van der Waals surface area contributed by atoms with Crippen LogP contribution in [-0.4, -0.2) is 47.2 Å². The predicted octanol–water partition coefficient (Wildman–Crippen LogP) is 3.44. The molecule has 3 aromatic heterocycles. The molecule has 8 nitrogen and oxygen atoms in total. The summed E-state index contributed by atoms with van der Waals surface area (Å²) in [6.45, 7) is 0.717. The van der Waals surface area contributed by atoms with Gasteiger partial charge >= 0.3 is 0 Å². The first kappa shape index (κ1) is 20.4. The third-order valence-corrected chi connectivity index (χ3v) is 6.06. The number of carbonyl (C=O) groups is 1. The molecular weight excluding hydrogens is 426 g/mol. The molecule has 1 fully saturated rings. The molecule has 4 aromatic rings. The Hall–Kier alpha value is -3.52. The number of hydrogen-bond acceptors (Lipinski definition) is 5. The molecule has 0 bridgehead atoms. The van der Waals surface area contributed by atoms with E-state index < -0.39 is 0 Å². The summed E-state index contributed by atoms with van der Waals surface area (Å²) in [4.78, 5) is 27.8. The van der Waals surface area contributed by atoms with Crippen molar-refractivity contribution in [3.05, 3.63) is 89.7 Å². The van der Waals surface area contributed by atoms with Crippen molar-refractivity contribution in [3.8, 4) is 5.69 Å². The minimum atomic E-state index is -0.167. The number of likely N-dealkylation sites (tertiary alicyclic amines) is 1. The summed E-state index contributed by atoms with van der Waals surface area (Å²) in [6.07, 6.45) is 9.99. The molecule has 4 heterocycles. The van der Waals surface area contributed by atoms with Gasteiger partial charge in [0.25, 0.3) is 0 Å². The van der Waals surface area contributed by atoms with Gasteiger partial charge in [0.2, 0.25) is 5.91 Å². The number of hydrogen-bond donors (Lipinski definition) is 0. The van der Waals surface area contributed by atoms with Gasteiger partial charge in [0, 0.05) is 56.2 Å². The average Bonchev–Trinajstić information content (AvgIpc) is 3.53. The molecule has 9 heteroatoms. The third kappa shape index (κ3) is 3.89. The van der Waals surface area contributed by atoms with Gasteiger partial charge in [-0.3, -0.25) is 9.78 Å². The first-order valence-electron chi connectivity index (χ1n) is 10.4. The van der Waals surface area contributed by atoms with Crippen LogP contribution in [0.3, 0.4) is 0 Å². The predicted molar refractivity (Wildman–Crippen MR) is 119 cm³/mol. The van der Waals surface area contributed by atoms with Gasteiger partial charge in [-0.25, -0.2) is 14.6 Å². The Morgan fingerprint density at radius 2 is 2.06 bits per heavy atom. The number of likely N-dealkylation sites (N-methyl/N-ethyl adjacent to an activating group) is 1. The van der Waals surface area contributed by atoms with Crippen LogP contribution in [0, 0.1) is 0 Å². The molecule has 2 atom stereocenters. The summed E-state index contributed by atoms with van der Waals surface area (Å²) in [5.41, 5.74) is 1.80. The van der Waals surface area contributed by atoms with E-state index in [1.54, 1.807) is 23.6 Å². The molecule has 1 aliphatic rings. The number of halogens is 1. The number of nitrogens with zero attached hydrogens (tertiary/aromatic N) is 7. The Kier molecular flexibility index (Phi) is 5.45. The summed E-state index contributed by atoms with van der Waals surface area (Å²) in [7, 11) is 1.83. The lowest BCUT2D eigenvalue weighted by Crippen LogP contribution is -2.24. The number of imidazole rings is 1. The van der Waals surface area contributed by atoms with Crippen molar-refractivity contribution in [3.63, 3.8) is 0 Å². The second kappa shape index (κ2) is 8.55. The summed E-state index contributed by atoms with van der Waals surface area (Å²) >= 11 is 6.27. The molecule has 0 N–H and O–H groups in total. The number of amides is 1. The van der Waals surface area contributed by atoms with E-state index in [1.807, 2.05) is 65.1 Å². The van der Waals surface area contributed by atoms with Crippen LogP contribution in [0.1, 0.15) is 35.6 Å². The Labute approximate surface area is 190 Å². The monoisotopic (exact) mass is 447 g/mol. The number of carbonyl (C=O) groups excluding carboxylic acids is 1. The topological polar surface area (TPSA) is 81.7 Å². The van der Waals surface area contributed by atoms with E-state index in [0.717, 1.165) is 17.1 Å². The second-order valence-corrected chi connectivity index (χ2v) is 8.31. The second-order valence-electron chi connectivity index (χ2n) is 7.87. The zero-order valence-electron chi connectivity index (χ0n) is 17.5. The summed E-state index contributed by atoms with van der Waals surface area (Å²) in [5, 5.41) is 5.43. The largest absolute Gasteiger partial charge is 0.338 e. The highest BCUT2D eigenvalue weighted by Gasteiger charge is 2.42. The summed E-state index contributed by atoms with van der Waals surface area (Å²) < 4.78 is 3.82. The molecule has 162 valence electrons. The fourth-order valence-electron chi connectivity index (χ4n) is 4.27. The molecule has 0 unspecified atom stereocenters. The zero-order chi connectivity index (χ0) is 22.1. The molecule has 0 spiro atoms. The van der Waals surface area contributed by atoms with Crippen molar-refractivity contribution in [1.82, 2.24) is 34.2 Å². The maximum atomic E-state index is 12.7. The normalized spacial score (nSPS) is 18.4. The fraction of sp³-hybridized carbons (Fsp3) is 0.261. The fourth-order valence-corrected chi connectivity index (χ4v) is 4.45. The maximum Gasteiger partial charge on any atom is 0.223 e. The number of rotatable bonds is 6. The number of aromatic nitrogens is 6. The lowest BCUT2D eigenvalue weighted by atomic mass is 9.94. The van der Waals surface area contributed by atoms with Crippen LogP contribution in [0.4, 0.5) is 0 Å². The first-order valence-corrected chi connectivity index (χ1v) is 10.8. The van der Waals surface area contributed by atoms with Gasteiger partial charge in [-0.15, -0.1) is 0 Å². The lowest BCUT2D eigenvalue weighted by molar-refractivity contribution is -0.127. The van der Waals surface area contributed by atoms with Crippen LogP contribution in [0.2, 0.25) is 5.02 Å². The standard InChI is InChI=1S/C23H22ClN7O/c1-29-21(32)13-19(22(29)16-4-3-8-25-14-16)23-27-20(7-10-30-11-9-26-15-30)28-31(23)18-6-2-5-17(24)12-18/h2-6,8-9,11-12,14-15,19,22H,7,10,13H2,1H3/t19-,22+/m0/s1. The molecule has 1 aliphatic heterocycles. The molecule has 1 saturated heterocycles. The van der Waals surface area contributed by atoms with Crippen molar-refractivity contribution in [2.75, 3.05) is 7.05 Å². The molecule has 0 radical (unpaired) electrons. The quantitative estimate of drug-likeness (QED) is 0.452. The van der Waals surface area contributed by atoms with Gasteiger partial charge in [0.05, 0.1) is 24.0 Å². The molecule has 32 heavy (non-hydrogen) atoms.